The number of nitrogens with one attached hydrogen (secondary N) is 1. The van der Waals surface area contributed by atoms with Gasteiger partial charge in [0.25, 0.3) is 11.7 Å². The summed E-state index contributed by atoms with van der Waals surface area (Å²) in [6.45, 7) is 6.11. The fraction of sp³-hybridized carbons (Fsp3) is 0.429. The van der Waals surface area contributed by atoms with Crippen LogP contribution in [0.5, 0.6) is 0 Å². The van der Waals surface area contributed by atoms with Crippen LogP contribution in [0.1, 0.15) is 37.0 Å². The molecule has 1 aliphatic heterocycles. The molecular weight excluding hydrogens is 308 g/mol. The number of benzene rings is 1. The predicted octanol–water partition coefficient (Wildman–Crippen LogP) is 3.21. The Morgan fingerprint density at radius 3 is 2.63 bits per heavy atom. The number of carbonyl (C=O) groups is 2. The monoisotopic (exact) mass is 324 g/mol. The van der Waals surface area contributed by atoms with Gasteiger partial charge in [-0.2, -0.15) is 0 Å². The summed E-state index contributed by atoms with van der Waals surface area (Å²) in [5, 5.41) is 2.61. The van der Waals surface area contributed by atoms with E-state index in [1.807, 2.05) is 6.07 Å². The average molecular weight is 325 g/mol. The number of rotatable bonds is 5. The number of halogens is 1. The van der Waals surface area contributed by atoms with Crippen molar-refractivity contribution in [1.29, 1.82) is 0 Å². The first-order chi connectivity index (χ1) is 9.08. The number of anilines is 2. The lowest BCUT2D eigenvalue weighted by Crippen LogP contribution is -2.24. The maximum Gasteiger partial charge on any atom is 0.296 e. The minimum absolute atomic E-state index is 0.451. The lowest BCUT2D eigenvalue weighted by atomic mass is 10.1. The van der Waals surface area contributed by atoms with E-state index in [0.717, 1.165) is 36.1 Å². The number of hydrogen-bond acceptors (Lipinski definition) is 3. The van der Waals surface area contributed by atoms with Crippen molar-refractivity contribution in [2.45, 2.75) is 26.7 Å². The van der Waals surface area contributed by atoms with Crippen LogP contribution in [-0.4, -0.2) is 24.8 Å². The molecule has 0 aliphatic carbocycles. The molecule has 0 saturated heterocycles. The summed E-state index contributed by atoms with van der Waals surface area (Å²) < 4.78 is 0.856. The Bertz CT molecular complexity index is 528. The lowest BCUT2D eigenvalue weighted by molar-refractivity contribution is -0.112. The van der Waals surface area contributed by atoms with Crippen LogP contribution >= 0.6 is 15.9 Å². The van der Waals surface area contributed by atoms with Gasteiger partial charge in [-0.25, -0.2) is 0 Å². The van der Waals surface area contributed by atoms with Crippen molar-refractivity contribution in [1.82, 2.24) is 0 Å². The lowest BCUT2D eigenvalue weighted by Gasteiger charge is -2.24. The highest BCUT2D eigenvalue weighted by atomic mass is 79.9. The summed E-state index contributed by atoms with van der Waals surface area (Å²) in [6.07, 6.45) is 2.25. The number of unbranched alkanes of at least 4 members (excludes halogenated alkanes) is 1. The molecule has 19 heavy (non-hydrogen) atoms. The van der Waals surface area contributed by atoms with Crippen molar-refractivity contribution in [2.75, 3.05) is 23.3 Å². The van der Waals surface area contributed by atoms with E-state index in [-0.39, 0.29) is 0 Å². The van der Waals surface area contributed by atoms with Crippen LogP contribution in [0.4, 0.5) is 11.4 Å². The third-order valence-electron chi connectivity index (χ3n) is 3.29. The number of hydrogen-bond donors (Lipinski definition) is 1. The summed E-state index contributed by atoms with van der Waals surface area (Å²) in [4.78, 5) is 25.2. The Hall–Kier alpha value is -1.36. The van der Waals surface area contributed by atoms with Gasteiger partial charge in [-0.3, -0.25) is 9.59 Å². The van der Waals surface area contributed by atoms with Crippen LogP contribution in [0.2, 0.25) is 0 Å². The second-order valence-electron chi connectivity index (χ2n) is 4.57. The third-order valence-corrected chi connectivity index (χ3v) is 3.93. The van der Waals surface area contributed by atoms with Gasteiger partial charge in [0.15, 0.2) is 0 Å². The minimum Gasteiger partial charge on any atom is -0.371 e. The van der Waals surface area contributed by atoms with Gasteiger partial charge in [-0.1, -0.05) is 13.3 Å². The molecule has 0 atom stereocenters. The molecule has 0 aromatic heterocycles. The van der Waals surface area contributed by atoms with Gasteiger partial charge in [-0.05, 0) is 41.4 Å². The molecule has 0 saturated carbocycles. The normalized spacial score (nSPS) is 13.4. The molecule has 0 unspecified atom stereocenters. The molecule has 0 bridgehead atoms. The second kappa shape index (κ2) is 5.74. The third kappa shape index (κ3) is 2.66. The van der Waals surface area contributed by atoms with Crippen LogP contribution in [0.15, 0.2) is 16.6 Å². The van der Waals surface area contributed by atoms with E-state index in [9.17, 15) is 9.59 Å². The maximum absolute atomic E-state index is 11.6. The van der Waals surface area contributed by atoms with E-state index < -0.39 is 11.7 Å². The quantitative estimate of drug-likeness (QED) is 0.846. The van der Waals surface area contributed by atoms with E-state index in [2.05, 4.69) is 40.0 Å². The molecule has 1 aliphatic rings. The zero-order valence-electron chi connectivity index (χ0n) is 11.1. The first-order valence-electron chi connectivity index (χ1n) is 6.52. The Labute approximate surface area is 121 Å². The molecule has 5 heteroatoms. The summed E-state index contributed by atoms with van der Waals surface area (Å²) in [7, 11) is 0. The van der Waals surface area contributed by atoms with E-state index >= 15 is 0 Å². The van der Waals surface area contributed by atoms with Crippen molar-refractivity contribution in [3.05, 3.63) is 22.2 Å². The standard InChI is InChI=1S/C14H17BrN2O2/c1-3-5-6-17(4-2)12-8-11-9(7-10(12)15)13(18)14(19)16-11/h7-8H,3-6H2,1-2H3,(H,16,18,19). The molecule has 2 rings (SSSR count). The average Bonchev–Trinajstić information content (AvgIpc) is 2.66. The molecule has 1 heterocycles. The van der Waals surface area contributed by atoms with Gasteiger partial charge in [0, 0.05) is 17.6 Å². The van der Waals surface area contributed by atoms with Crippen molar-refractivity contribution >= 4 is 39.0 Å². The highest BCUT2D eigenvalue weighted by molar-refractivity contribution is 9.10. The number of amides is 1. The van der Waals surface area contributed by atoms with Gasteiger partial charge in [-0.15, -0.1) is 0 Å². The molecule has 1 aromatic carbocycles. The highest BCUT2D eigenvalue weighted by Gasteiger charge is 2.29. The molecule has 4 nitrogen and oxygen atoms in total. The van der Waals surface area contributed by atoms with Crippen LogP contribution in [0, 0.1) is 0 Å². The van der Waals surface area contributed by atoms with E-state index in [0.29, 0.717) is 11.3 Å². The van der Waals surface area contributed by atoms with Gasteiger partial charge < -0.3 is 10.2 Å². The van der Waals surface area contributed by atoms with Gasteiger partial charge in [0.05, 0.1) is 16.9 Å². The minimum atomic E-state index is -0.546. The van der Waals surface area contributed by atoms with E-state index in [1.165, 1.54) is 0 Å². The Morgan fingerprint density at radius 1 is 1.26 bits per heavy atom. The Kier molecular flexibility index (Phi) is 4.24. The summed E-state index contributed by atoms with van der Waals surface area (Å²) in [5.41, 5.74) is 2.08. The molecule has 102 valence electrons. The largest absolute Gasteiger partial charge is 0.371 e. The molecule has 1 amide bonds. The predicted molar refractivity (Wildman–Crippen MR) is 79.9 cm³/mol. The topological polar surface area (TPSA) is 49.4 Å². The molecule has 0 spiro atoms. The number of fused-ring (bicyclic) bond motifs is 1. The zero-order chi connectivity index (χ0) is 14.0. The summed E-state index contributed by atoms with van der Waals surface area (Å²) in [6, 6.07) is 3.61. The fourth-order valence-corrected chi connectivity index (χ4v) is 2.79. The first kappa shape index (κ1) is 14.1. The van der Waals surface area contributed by atoms with Crippen molar-refractivity contribution in [2.24, 2.45) is 0 Å². The Morgan fingerprint density at radius 2 is 2.00 bits per heavy atom. The van der Waals surface area contributed by atoms with E-state index in [1.54, 1.807) is 6.07 Å². The Balaban J connectivity index is 2.35. The fourth-order valence-electron chi connectivity index (χ4n) is 2.19. The highest BCUT2D eigenvalue weighted by Crippen LogP contribution is 2.35. The summed E-state index contributed by atoms with van der Waals surface area (Å²) in [5.74, 6) is -1.01. The molecule has 1 N–H and O–H groups in total. The van der Waals surface area contributed by atoms with Crippen LogP contribution in [-0.2, 0) is 4.79 Å². The smallest absolute Gasteiger partial charge is 0.296 e. The molecule has 1 aromatic rings. The first-order valence-corrected chi connectivity index (χ1v) is 7.32. The molecule has 0 fully saturated rings. The van der Waals surface area contributed by atoms with Crippen molar-refractivity contribution in [3.63, 3.8) is 0 Å². The number of nitrogens with zero attached hydrogens (tertiary/aromatic N) is 1. The maximum atomic E-state index is 11.6. The zero-order valence-corrected chi connectivity index (χ0v) is 12.7. The van der Waals surface area contributed by atoms with E-state index in [4.69, 9.17) is 0 Å². The molecular formula is C14H17BrN2O2. The van der Waals surface area contributed by atoms with Crippen LogP contribution < -0.4 is 10.2 Å². The summed E-state index contributed by atoms with van der Waals surface area (Å²) >= 11 is 3.50. The van der Waals surface area contributed by atoms with Crippen LogP contribution in [0.3, 0.4) is 0 Å². The van der Waals surface area contributed by atoms with Crippen LogP contribution in [0.25, 0.3) is 0 Å². The van der Waals surface area contributed by atoms with Gasteiger partial charge >= 0.3 is 0 Å². The van der Waals surface area contributed by atoms with Crippen molar-refractivity contribution < 1.29 is 9.59 Å². The number of Topliss-reactive ketones (excluding diaryl/α,β-unsaturated/α-hetero) is 1. The van der Waals surface area contributed by atoms with Gasteiger partial charge in [0.1, 0.15) is 0 Å². The SMILES string of the molecule is CCCCN(CC)c1cc2c(cc1Br)C(=O)C(=O)N2. The van der Waals surface area contributed by atoms with Crippen molar-refractivity contribution in [3.8, 4) is 0 Å². The van der Waals surface area contributed by atoms with Gasteiger partial charge in [0.2, 0.25) is 0 Å². The number of carbonyl (C=O) groups excluding carboxylic acids is 2. The second-order valence-corrected chi connectivity index (χ2v) is 5.42. The number of ketones is 1. The molecule has 0 radical (unpaired) electrons.